The maximum atomic E-state index is 15.2. The monoisotopic (exact) mass is 341 g/mol. The van der Waals surface area contributed by atoms with E-state index in [-0.39, 0.29) is 37.1 Å². The second-order valence-corrected chi connectivity index (χ2v) is 8.06. The Hall–Kier alpha value is -1.66. The van der Waals surface area contributed by atoms with Crippen LogP contribution in [-0.2, 0) is 19.1 Å². The first-order valence-corrected chi connectivity index (χ1v) is 8.35. The van der Waals surface area contributed by atoms with Gasteiger partial charge in [0.2, 0.25) is 0 Å². The van der Waals surface area contributed by atoms with E-state index in [0.717, 1.165) is 0 Å². The normalized spacial score (nSPS) is 38.0. The van der Waals surface area contributed by atoms with Gasteiger partial charge in [-0.3, -0.25) is 9.59 Å². The van der Waals surface area contributed by atoms with Crippen LogP contribution in [0.5, 0.6) is 0 Å². The summed E-state index contributed by atoms with van der Waals surface area (Å²) in [5.41, 5.74) is -1.68. The number of alkyl halides is 1. The number of methoxy groups -OCH3 is 1. The number of ether oxygens (including phenoxy) is 2. The van der Waals surface area contributed by atoms with Gasteiger partial charge in [0, 0.05) is 17.9 Å². The molecule has 24 heavy (non-hydrogen) atoms. The van der Waals surface area contributed by atoms with E-state index in [2.05, 4.69) is 0 Å². The summed E-state index contributed by atoms with van der Waals surface area (Å²) in [4.78, 5) is 38.0. The van der Waals surface area contributed by atoms with Gasteiger partial charge in [-0.2, -0.15) is 0 Å². The molecular weight excluding hydrogens is 317 g/mol. The van der Waals surface area contributed by atoms with Crippen LogP contribution in [0.25, 0.3) is 0 Å². The van der Waals surface area contributed by atoms with Crippen LogP contribution in [0.15, 0.2) is 0 Å². The van der Waals surface area contributed by atoms with E-state index in [4.69, 9.17) is 9.47 Å². The van der Waals surface area contributed by atoms with E-state index >= 15 is 4.39 Å². The minimum Gasteiger partial charge on any atom is -0.468 e. The molecule has 1 amide bonds. The zero-order valence-corrected chi connectivity index (χ0v) is 14.5. The molecule has 1 saturated heterocycles. The van der Waals surface area contributed by atoms with Crippen LogP contribution >= 0.6 is 0 Å². The SMILES string of the molecule is COC(=O)C1C(=O)C2CC2C12CCN(C(=O)OC(C)(C)C)C[C@@H]2F. The summed E-state index contributed by atoms with van der Waals surface area (Å²) < 4.78 is 25.2. The van der Waals surface area contributed by atoms with Crippen molar-refractivity contribution in [2.75, 3.05) is 20.2 Å². The van der Waals surface area contributed by atoms with Crippen LogP contribution in [0, 0.1) is 23.2 Å². The van der Waals surface area contributed by atoms with Crippen LogP contribution in [-0.4, -0.2) is 54.7 Å². The van der Waals surface area contributed by atoms with Gasteiger partial charge in [-0.1, -0.05) is 0 Å². The topological polar surface area (TPSA) is 72.9 Å². The number of carbonyl (C=O) groups excluding carboxylic acids is 3. The first-order valence-electron chi connectivity index (χ1n) is 8.35. The molecule has 3 rings (SSSR count). The lowest BCUT2D eigenvalue weighted by Gasteiger charge is -2.45. The van der Waals surface area contributed by atoms with E-state index in [1.54, 1.807) is 20.8 Å². The first-order chi connectivity index (χ1) is 11.1. The third-order valence-corrected chi connectivity index (χ3v) is 5.54. The van der Waals surface area contributed by atoms with Crippen molar-refractivity contribution in [2.45, 2.75) is 45.4 Å². The van der Waals surface area contributed by atoms with Crippen molar-refractivity contribution < 1.29 is 28.2 Å². The van der Waals surface area contributed by atoms with Crippen LogP contribution in [0.3, 0.4) is 0 Å². The lowest BCUT2D eigenvalue weighted by Crippen LogP contribution is -2.56. The van der Waals surface area contributed by atoms with E-state index in [1.165, 1.54) is 12.0 Å². The molecule has 3 fully saturated rings. The molecule has 1 aliphatic heterocycles. The van der Waals surface area contributed by atoms with Crippen molar-refractivity contribution >= 4 is 17.8 Å². The molecule has 3 aliphatic rings. The molecular formula is C17H24FNO5. The summed E-state index contributed by atoms with van der Waals surface area (Å²) in [5.74, 6) is -2.21. The van der Waals surface area contributed by atoms with Gasteiger partial charge in [-0.15, -0.1) is 0 Å². The van der Waals surface area contributed by atoms with Crippen LogP contribution in [0.2, 0.25) is 0 Å². The van der Waals surface area contributed by atoms with Crippen LogP contribution in [0.1, 0.15) is 33.6 Å². The smallest absolute Gasteiger partial charge is 0.410 e. The molecule has 7 heteroatoms. The highest BCUT2D eigenvalue weighted by Gasteiger charge is 2.74. The third-order valence-electron chi connectivity index (χ3n) is 5.54. The lowest BCUT2D eigenvalue weighted by molar-refractivity contribution is -0.159. The molecule has 0 bridgehead atoms. The second-order valence-electron chi connectivity index (χ2n) is 8.06. The van der Waals surface area contributed by atoms with Gasteiger partial charge in [0.1, 0.15) is 17.7 Å². The number of fused-ring (bicyclic) bond motifs is 2. The number of esters is 1. The zero-order valence-electron chi connectivity index (χ0n) is 14.5. The number of nitrogens with zero attached hydrogens (tertiary/aromatic N) is 1. The Morgan fingerprint density at radius 3 is 2.54 bits per heavy atom. The number of amides is 1. The van der Waals surface area contributed by atoms with Crippen molar-refractivity contribution in [3.05, 3.63) is 0 Å². The molecule has 0 aromatic heterocycles. The van der Waals surface area contributed by atoms with E-state index in [9.17, 15) is 14.4 Å². The number of likely N-dealkylation sites (tertiary alicyclic amines) is 1. The van der Waals surface area contributed by atoms with E-state index in [1.807, 2.05) is 0 Å². The molecule has 0 radical (unpaired) electrons. The molecule has 1 heterocycles. The number of carbonyl (C=O) groups is 3. The Morgan fingerprint density at radius 2 is 2.00 bits per heavy atom. The predicted octanol–water partition coefficient (Wildman–Crippen LogP) is 1.96. The molecule has 0 N–H and O–H groups in total. The van der Waals surface area contributed by atoms with Gasteiger partial charge in [-0.05, 0) is 39.5 Å². The lowest BCUT2D eigenvalue weighted by atomic mass is 9.66. The number of rotatable bonds is 1. The predicted molar refractivity (Wildman–Crippen MR) is 81.9 cm³/mol. The highest BCUT2D eigenvalue weighted by atomic mass is 19.1. The van der Waals surface area contributed by atoms with Crippen molar-refractivity contribution in [2.24, 2.45) is 23.2 Å². The number of Topliss-reactive ketones (excluding diaryl/α,β-unsaturated/α-hetero) is 1. The standard InChI is InChI=1S/C17H24FNO5/c1-16(2,3)24-15(22)19-6-5-17(11(18)8-19)10-7-9(10)13(20)12(17)14(21)23-4/h9-12H,5-8H2,1-4H3/t9?,10?,11-,12?,17?/m0/s1. The number of halogens is 1. The Morgan fingerprint density at radius 1 is 1.33 bits per heavy atom. The largest absolute Gasteiger partial charge is 0.468 e. The van der Waals surface area contributed by atoms with Gasteiger partial charge in [0.25, 0.3) is 0 Å². The fourth-order valence-corrected chi connectivity index (χ4v) is 4.42. The Kier molecular flexibility index (Phi) is 3.88. The maximum absolute atomic E-state index is 15.2. The average Bonchev–Trinajstić information content (AvgIpc) is 3.23. The molecule has 6 nitrogen and oxygen atoms in total. The number of hydrogen-bond donors (Lipinski definition) is 0. The Balaban J connectivity index is 1.79. The summed E-state index contributed by atoms with van der Waals surface area (Å²) in [7, 11) is 1.22. The summed E-state index contributed by atoms with van der Waals surface area (Å²) in [6.45, 7) is 5.38. The number of hydrogen-bond acceptors (Lipinski definition) is 5. The average molecular weight is 341 g/mol. The van der Waals surface area contributed by atoms with Crippen molar-refractivity contribution in [1.29, 1.82) is 0 Å². The molecule has 0 aromatic carbocycles. The Labute approximate surface area is 140 Å². The van der Waals surface area contributed by atoms with Gasteiger partial charge >= 0.3 is 12.1 Å². The van der Waals surface area contributed by atoms with Crippen molar-refractivity contribution in [3.63, 3.8) is 0 Å². The minimum atomic E-state index is -1.44. The van der Waals surface area contributed by atoms with Crippen LogP contribution < -0.4 is 0 Å². The molecule has 4 unspecified atom stereocenters. The van der Waals surface area contributed by atoms with Crippen molar-refractivity contribution in [1.82, 2.24) is 4.90 Å². The van der Waals surface area contributed by atoms with Gasteiger partial charge in [-0.25, -0.2) is 9.18 Å². The van der Waals surface area contributed by atoms with Gasteiger partial charge in [0.15, 0.2) is 5.78 Å². The first kappa shape index (κ1) is 17.2. The van der Waals surface area contributed by atoms with E-state index in [0.29, 0.717) is 6.42 Å². The minimum absolute atomic E-state index is 0.107. The molecule has 1 spiro atoms. The Bertz CT molecular complexity index is 586. The molecule has 2 saturated carbocycles. The molecule has 5 atom stereocenters. The van der Waals surface area contributed by atoms with Crippen molar-refractivity contribution in [3.8, 4) is 0 Å². The zero-order chi connectivity index (χ0) is 17.9. The van der Waals surface area contributed by atoms with Crippen LogP contribution in [0.4, 0.5) is 9.18 Å². The summed E-state index contributed by atoms with van der Waals surface area (Å²) in [6, 6.07) is 0. The quantitative estimate of drug-likeness (QED) is 0.538. The maximum Gasteiger partial charge on any atom is 0.410 e. The fourth-order valence-electron chi connectivity index (χ4n) is 4.42. The summed E-state index contributed by atoms with van der Waals surface area (Å²) >= 11 is 0. The number of piperidine rings is 1. The highest BCUT2D eigenvalue weighted by Crippen LogP contribution is 2.67. The fraction of sp³-hybridized carbons (Fsp3) is 0.824. The molecule has 2 aliphatic carbocycles. The van der Waals surface area contributed by atoms with E-state index < -0.39 is 35.2 Å². The number of ketones is 1. The van der Waals surface area contributed by atoms with Gasteiger partial charge in [0.05, 0.1) is 13.7 Å². The van der Waals surface area contributed by atoms with Gasteiger partial charge < -0.3 is 14.4 Å². The molecule has 134 valence electrons. The second kappa shape index (κ2) is 5.43. The molecule has 0 aromatic rings. The third kappa shape index (κ3) is 2.48. The highest BCUT2D eigenvalue weighted by molar-refractivity contribution is 6.05. The summed E-state index contributed by atoms with van der Waals surface area (Å²) in [5, 5.41) is 0. The summed E-state index contributed by atoms with van der Waals surface area (Å²) in [6.07, 6.45) is -1.09.